The van der Waals surface area contributed by atoms with Crippen molar-refractivity contribution >= 4 is 23.1 Å². The molecule has 2 aromatic heterocycles. The summed E-state index contributed by atoms with van der Waals surface area (Å²) in [6.07, 6.45) is 2.72. The second-order valence-electron chi connectivity index (χ2n) is 4.64. The fourth-order valence-electron chi connectivity index (χ4n) is 2.31. The molecule has 0 aromatic carbocycles. The number of thioether (sulfide) groups is 1. The maximum atomic E-state index is 4.21. The lowest BCUT2D eigenvalue weighted by Crippen LogP contribution is -2.29. The summed E-state index contributed by atoms with van der Waals surface area (Å²) in [5.41, 5.74) is 1.44. The largest absolute Gasteiger partial charge is 0.301 e. The van der Waals surface area contributed by atoms with Crippen LogP contribution in [0.3, 0.4) is 0 Å². The molecule has 2 unspecified atom stereocenters. The number of aromatic amines is 1. The highest BCUT2D eigenvalue weighted by Gasteiger charge is 2.27. The summed E-state index contributed by atoms with van der Waals surface area (Å²) >= 11 is 3.83. The average Bonchev–Trinajstić information content (AvgIpc) is 2.98. The lowest BCUT2D eigenvalue weighted by Gasteiger charge is -2.29. The van der Waals surface area contributed by atoms with Gasteiger partial charge in [0.1, 0.15) is 12.2 Å². The number of nitrogens with one attached hydrogen (secondary N) is 2. The Hall–Kier alpha value is -0.850. The Morgan fingerprint density at radius 3 is 3.22 bits per heavy atom. The number of hydrogen-bond acceptors (Lipinski definition) is 5. The molecule has 0 bridgehead atoms. The van der Waals surface area contributed by atoms with Gasteiger partial charge in [0.2, 0.25) is 0 Å². The zero-order valence-corrected chi connectivity index (χ0v) is 12.0. The van der Waals surface area contributed by atoms with E-state index in [1.165, 1.54) is 9.77 Å². The molecular weight excluding hydrogens is 264 g/mol. The van der Waals surface area contributed by atoms with E-state index >= 15 is 0 Å². The Morgan fingerprint density at radius 1 is 1.56 bits per heavy atom. The zero-order chi connectivity index (χ0) is 12.5. The van der Waals surface area contributed by atoms with Crippen LogP contribution in [0.1, 0.15) is 43.7 Å². The first-order valence-electron chi connectivity index (χ1n) is 6.09. The van der Waals surface area contributed by atoms with E-state index in [4.69, 9.17) is 0 Å². The fourth-order valence-corrected chi connectivity index (χ4v) is 4.88. The molecule has 0 fully saturated rings. The summed E-state index contributed by atoms with van der Waals surface area (Å²) < 4.78 is 1.45. The first-order valence-corrected chi connectivity index (χ1v) is 7.85. The lowest BCUT2D eigenvalue weighted by atomic mass is 10.0. The Balaban J connectivity index is 1.78. The monoisotopic (exact) mass is 280 g/mol. The van der Waals surface area contributed by atoms with Gasteiger partial charge < -0.3 is 5.32 Å². The van der Waals surface area contributed by atoms with E-state index in [9.17, 15) is 0 Å². The zero-order valence-electron chi connectivity index (χ0n) is 10.4. The molecule has 18 heavy (non-hydrogen) atoms. The minimum absolute atomic E-state index is 0.195. The van der Waals surface area contributed by atoms with Crippen LogP contribution >= 0.6 is 23.1 Å². The molecule has 0 radical (unpaired) electrons. The van der Waals surface area contributed by atoms with Gasteiger partial charge in [-0.3, -0.25) is 5.10 Å². The predicted molar refractivity (Wildman–Crippen MR) is 74.9 cm³/mol. The summed E-state index contributed by atoms with van der Waals surface area (Å²) in [5, 5.41) is 13.3. The van der Waals surface area contributed by atoms with Crippen molar-refractivity contribution in [1.82, 2.24) is 20.5 Å². The van der Waals surface area contributed by atoms with Gasteiger partial charge in [-0.25, -0.2) is 4.98 Å². The van der Waals surface area contributed by atoms with Crippen LogP contribution in [-0.2, 0) is 0 Å². The van der Waals surface area contributed by atoms with Gasteiger partial charge in [-0.15, -0.1) is 23.1 Å². The van der Waals surface area contributed by atoms with E-state index in [2.05, 4.69) is 45.8 Å². The van der Waals surface area contributed by atoms with Crippen molar-refractivity contribution in [3.05, 3.63) is 29.2 Å². The third kappa shape index (κ3) is 2.32. The van der Waals surface area contributed by atoms with Crippen LogP contribution in [0.25, 0.3) is 0 Å². The van der Waals surface area contributed by atoms with Crippen LogP contribution in [0, 0.1) is 0 Å². The topological polar surface area (TPSA) is 53.6 Å². The van der Waals surface area contributed by atoms with Gasteiger partial charge in [0, 0.05) is 11.3 Å². The van der Waals surface area contributed by atoms with E-state index in [1.807, 2.05) is 23.1 Å². The fraction of sp³-hybridized carbons (Fsp3) is 0.500. The number of H-pyrrole nitrogens is 1. The summed E-state index contributed by atoms with van der Waals surface area (Å²) in [6.45, 7) is 4.42. The Labute approximate surface area is 115 Å². The molecule has 0 saturated carbocycles. The minimum Gasteiger partial charge on any atom is -0.301 e. The van der Waals surface area contributed by atoms with Crippen molar-refractivity contribution in [3.8, 4) is 0 Å². The number of nitrogens with zero attached hydrogens (tertiary/aromatic N) is 2. The quantitative estimate of drug-likeness (QED) is 0.907. The van der Waals surface area contributed by atoms with Crippen molar-refractivity contribution in [3.63, 3.8) is 0 Å². The molecule has 4 nitrogen and oxygen atoms in total. The third-order valence-corrected chi connectivity index (χ3v) is 5.55. The van der Waals surface area contributed by atoms with Crippen molar-refractivity contribution in [2.24, 2.45) is 0 Å². The van der Waals surface area contributed by atoms with Gasteiger partial charge in [0.15, 0.2) is 0 Å². The summed E-state index contributed by atoms with van der Waals surface area (Å²) in [7, 11) is 0. The van der Waals surface area contributed by atoms with E-state index in [-0.39, 0.29) is 6.04 Å². The molecule has 0 spiro atoms. The average molecular weight is 280 g/mol. The molecule has 1 aliphatic heterocycles. The highest BCUT2D eigenvalue weighted by atomic mass is 32.2. The molecular formula is C12H16N4S2. The smallest absolute Gasteiger partial charge is 0.141 e. The first kappa shape index (κ1) is 12.2. The maximum absolute atomic E-state index is 4.21. The molecule has 3 atom stereocenters. The molecule has 3 rings (SSSR count). The van der Waals surface area contributed by atoms with Crippen LogP contribution in [0.15, 0.2) is 22.0 Å². The Kier molecular flexibility index (Phi) is 3.41. The van der Waals surface area contributed by atoms with E-state index in [1.54, 1.807) is 6.33 Å². The van der Waals surface area contributed by atoms with E-state index in [0.29, 0.717) is 11.3 Å². The van der Waals surface area contributed by atoms with Gasteiger partial charge in [-0.1, -0.05) is 6.92 Å². The van der Waals surface area contributed by atoms with Gasteiger partial charge in [-0.2, -0.15) is 5.10 Å². The Bertz CT molecular complexity index is 508. The molecule has 1 aliphatic rings. The molecule has 3 heterocycles. The molecule has 2 N–H and O–H groups in total. The van der Waals surface area contributed by atoms with Crippen LogP contribution in [0.4, 0.5) is 0 Å². The molecule has 96 valence electrons. The summed E-state index contributed by atoms with van der Waals surface area (Å²) in [6, 6.07) is 2.85. The molecule has 2 aromatic rings. The molecule has 0 saturated heterocycles. The normalized spacial score (nSPS) is 24.8. The third-order valence-electron chi connectivity index (χ3n) is 3.20. The van der Waals surface area contributed by atoms with Gasteiger partial charge in [0.25, 0.3) is 0 Å². The molecule has 0 amide bonds. The number of hydrogen-bond donors (Lipinski definition) is 2. The van der Waals surface area contributed by atoms with Crippen LogP contribution < -0.4 is 5.32 Å². The van der Waals surface area contributed by atoms with E-state index in [0.717, 1.165) is 12.2 Å². The van der Waals surface area contributed by atoms with Crippen molar-refractivity contribution in [1.29, 1.82) is 0 Å². The second-order valence-corrected chi connectivity index (χ2v) is 7.26. The van der Waals surface area contributed by atoms with Crippen LogP contribution in [0.5, 0.6) is 0 Å². The van der Waals surface area contributed by atoms with E-state index < -0.39 is 0 Å². The van der Waals surface area contributed by atoms with Gasteiger partial charge in [-0.05, 0) is 30.4 Å². The SMILES string of the molecule is CC(NC1C[C@H](C)Sc2sccc21)c1ncn[nH]1. The molecule has 0 aliphatic carbocycles. The Morgan fingerprint density at radius 2 is 2.44 bits per heavy atom. The minimum atomic E-state index is 0.195. The molecule has 6 heteroatoms. The number of fused-ring (bicyclic) bond motifs is 1. The maximum Gasteiger partial charge on any atom is 0.141 e. The highest BCUT2D eigenvalue weighted by molar-refractivity contribution is 8.01. The highest BCUT2D eigenvalue weighted by Crippen LogP contribution is 2.44. The first-order chi connectivity index (χ1) is 8.74. The van der Waals surface area contributed by atoms with Crippen LogP contribution in [-0.4, -0.2) is 20.4 Å². The van der Waals surface area contributed by atoms with Gasteiger partial charge in [0.05, 0.1) is 10.3 Å². The number of thiophene rings is 1. The predicted octanol–water partition coefficient (Wildman–Crippen LogP) is 3.14. The number of rotatable bonds is 3. The van der Waals surface area contributed by atoms with Crippen LogP contribution in [0.2, 0.25) is 0 Å². The van der Waals surface area contributed by atoms with Crippen molar-refractivity contribution in [2.45, 2.75) is 41.8 Å². The number of aromatic nitrogens is 3. The standard InChI is InChI=1S/C12H16N4S2/c1-7-5-10(9-3-4-17-12(9)18-7)15-8(2)11-13-6-14-16-11/h3-4,6-8,10,15H,5H2,1-2H3,(H,13,14,16)/t7-,8?,10?/m0/s1. The second kappa shape index (κ2) is 5.03. The summed E-state index contributed by atoms with van der Waals surface area (Å²) in [4.78, 5) is 4.21. The van der Waals surface area contributed by atoms with Crippen molar-refractivity contribution < 1.29 is 0 Å². The van der Waals surface area contributed by atoms with Crippen molar-refractivity contribution in [2.75, 3.05) is 0 Å². The van der Waals surface area contributed by atoms with Gasteiger partial charge >= 0.3 is 0 Å². The lowest BCUT2D eigenvalue weighted by molar-refractivity contribution is 0.424. The summed E-state index contributed by atoms with van der Waals surface area (Å²) in [5.74, 6) is 0.901.